The number of imidazole rings is 1. The minimum atomic E-state index is -1.00. The molecule has 0 atom stereocenters. The number of rotatable bonds is 4. The Hall–Kier alpha value is -2.63. The highest BCUT2D eigenvalue weighted by molar-refractivity contribution is 5.88. The van der Waals surface area contributed by atoms with E-state index < -0.39 is 5.97 Å². The lowest BCUT2D eigenvalue weighted by Crippen LogP contribution is -2.01. The van der Waals surface area contributed by atoms with Crippen LogP contribution >= 0.6 is 0 Å². The first-order valence-corrected chi connectivity index (χ1v) is 5.99. The van der Waals surface area contributed by atoms with E-state index in [1.807, 2.05) is 19.2 Å². The SMILES string of the molecule is COc1nc(C(C)=CC(=O)O)ccc1-n1cnc(C)c1. The number of hydrogen-bond donors (Lipinski definition) is 1. The van der Waals surface area contributed by atoms with Gasteiger partial charge in [0.15, 0.2) is 0 Å². The van der Waals surface area contributed by atoms with Gasteiger partial charge in [-0.15, -0.1) is 0 Å². The third-order valence-corrected chi connectivity index (χ3v) is 2.77. The molecule has 2 rings (SSSR count). The maximum atomic E-state index is 10.7. The number of ether oxygens (including phenoxy) is 1. The Bertz CT molecular complexity index is 674. The van der Waals surface area contributed by atoms with Crippen LogP contribution in [0.4, 0.5) is 0 Å². The van der Waals surface area contributed by atoms with Gasteiger partial charge in [-0.3, -0.25) is 0 Å². The summed E-state index contributed by atoms with van der Waals surface area (Å²) < 4.78 is 7.08. The van der Waals surface area contributed by atoms with E-state index in [1.165, 1.54) is 7.11 Å². The summed E-state index contributed by atoms with van der Waals surface area (Å²) in [5.74, 6) is -0.587. The summed E-state index contributed by atoms with van der Waals surface area (Å²) in [4.78, 5) is 19.2. The predicted molar refractivity (Wildman–Crippen MR) is 73.9 cm³/mol. The van der Waals surface area contributed by atoms with E-state index in [9.17, 15) is 4.79 Å². The zero-order valence-corrected chi connectivity index (χ0v) is 11.5. The number of allylic oxidation sites excluding steroid dienone is 1. The molecule has 0 radical (unpaired) electrons. The maximum absolute atomic E-state index is 10.7. The largest absolute Gasteiger partial charge is 0.479 e. The average molecular weight is 273 g/mol. The van der Waals surface area contributed by atoms with Gasteiger partial charge in [0.2, 0.25) is 5.88 Å². The molecule has 0 amide bonds. The first kappa shape index (κ1) is 13.8. The zero-order chi connectivity index (χ0) is 14.7. The summed E-state index contributed by atoms with van der Waals surface area (Å²) in [6.45, 7) is 3.58. The molecule has 0 unspecified atom stereocenters. The average Bonchev–Trinajstić information content (AvgIpc) is 2.83. The molecule has 0 saturated heterocycles. The Labute approximate surface area is 116 Å². The third kappa shape index (κ3) is 2.85. The Kier molecular flexibility index (Phi) is 3.84. The van der Waals surface area contributed by atoms with Crippen molar-refractivity contribution in [2.75, 3.05) is 7.11 Å². The van der Waals surface area contributed by atoms with Crippen molar-refractivity contribution in [1.82, 2.24) is 14.5 Å². The Balaban J connectivity index is 2.46. The molecule has 6 nitrogen and oxygen atoms in total. The number of carboxylic acid groups (broad SMARTS) is 1. The van der Waals surface area contributed by atoms with Crippen molar-refractivity contribution in [3.8, 4) is 11.6 Å². The van der Waals surface area contributed by atoms with Gasteiger partial charge in [-0.2, -0.15) is 0 Å². The van der Waals surface area contributed by atoms with Gasteiger partial charge in [0.05, 0.1) is 24.8 Å². The first-order valence-electron chi connectivity index (χ1n) is 5.99. The molecule has 104 valence electrons. The molecule has 0 saturated carbocycles. The summed E-state index contributed by atoms with van der Waals surface area (Å²) in [7, 11) is 1.52. The van der Waals surface area contributed by atoms with E-state index in [0.29, 0.717) is 17.1 Å². The van der Waals surface area contributed by atoms with Crippen molar-refractivity contribution in [2.45, 2.75) is 13.8 Å². The summed E-state index contributed by atoms with van der Waals surface area (Å²) in [5, 5.41) is 8.76. The number of hydrogen-bond acceptors (Lipinski definition) is 4. The van der Waals surface area contributed by atoms with Crippen molar-refractivity contribution in [1.29, 1.82) is 0 Å². The summed E-state index contributed by atoms with van der Waals surface area (Å²) >= 11 is 0. The monoisotopic (exact) mass is 273 g/mol. The van der Waals surface area contributed by atoms with E-state index in [1.54, 1.807) is 23.9 Å². The van der Waals surface area contributed by atoms with Crippen LogP contribution in [0.5, 0.6) is 5.88 Å². The number of carbonyl (C=O) groups is 1. The van der Waals surface area contributed by atoms with Crippen LogP contribution in [0.1, 0.15) is 18.3 Å². The van der Waals surface area contributed by atoms with E-state index in [0.717, 1.165) is 17.5 Å². The quantitative estimate of drug-likeness (QED) is 0.863. The molecule has 0 aliphatic rings. The predicted octanol–water partition coefficient (Wildman–Crippen LogP) is 2.07. The van der Waals surface area contributed by atoms with Crippen LogP contribution < -0.4 is 4.74 Å². The molecule has 0 fully saturated rings. The van der Waals surface area contributed by atoms with Crippen LogP contribution in [0.15, 0.2) is 30.7 Å². The highest BCUT2D eigenvalue weighted by Crippen LogP contribution is 2.23. The van der Waals surface area contributed by atoms with Crippen LogP contribution in [0, 0.1) is 6.92 Å². The lowest BCUT2D eigenvalue weighted by Gasteiger charge is -2.10. The van der Waals surface area contributed by atoms with Gasteiger partial charge >= 0.3 is 5.97 Å². The lowest BCUT2D eigenvalue weighted by atomic mass is 10.2. The molecule has 1 N–H and O–H groups in total. The molecule has 2 aromatic heterocycles. The minimum Gasteiger partial charge on any atom is -0.479 e. The number of nitrogens with zero attached hydrogens (tertiary/aromatic N) is 3. The molecule has 0 aromatic carbocycles. The number of methoxy groups -OCH3 is 1. The van der Waals surface area contributed by atoms with E-state index >= 15 is 0 Å². The molecule has 2 heterocycles. The molecule has 0 bridgehead atoms. The van der Waals surface area contributed by atoms with Gasteiger partial charge in [0.25, 0.3) is 0 Å². The second-order valence-corrected chi connectivity index (χ2v) is 4.31. The maximum Gasteiger partial charge on any atom is 0.328 e. The highest BCUT2D eigenvalue weighted by Gasteiger charge is 2.10. The summed E-state index contributed by atoms with van der Waals surface area (Å²) in [5.41, 5.74) is 2.76. The normalized spacial score (nSPS) is 11.4. The molecule has 0 aliphatic carbocycles. The third-order valence-electron chi connectivity index (χ3n) is 2.77. The van der Waals surface area contributed by atoms with E-state index in [-0.39, 0.29) is 0 Å². The Morgan fingerprint density at radius 3 is 2.75 bits per heavy atom. The fraction of sp³-hybridized carbons (Fsp3) is 0.214. The molecule has 2 aromatic rings. The number of aliphatic carboxylic acids is 1. The van der Waals surface area contributed by atoms with Crippen molar-refractivity contribution in [3.63, 3.8) is 0 Å². The molecule has 0 aliphatic heterocycles. The second kappa shape index (κ2) is 5.56. The summed E-state index contributed by atoms with van der Waals surface area (Å²) in [6.07, 6.45) is 4.65. The number of pyridine rings is 1. The molecule has 20 heavy (non-hydrogen) atoms. The first-order chi connectivity index (χ1) is 9.51. The van der Waals surface area contributed by atoms with Crippen LogP contribution in [-0.4, -0.2) is 32.7 Å². The molecule has 6 heteroatoms. The van der Waals surface area contributed by atoms with Gasteiger partial charge < -0.3 is 14.4 Å². The molecular weight excluding hydrogens is 258 g/mol. The van der Waals surface area contributed by atoms with E-state index in [2.05, 4.69) is 9.97 Å². The van der Waals surface area contributed by atoms with Gasteiger partial charge in [-0.05, 0) is 31.6 Å². The lowest BCUT2D eigenvalue weighted by molar-refractivity contribution is -0.131. The Morgan fingerprint density at radius 2 is 2.20 bits per heavy atom. The van der Waals surface area contributed by atoms with E-state index in [4.69, 9.17) is 9.84 Å². The summed E-state index contributed by atoms with van der Waals surface area (Å²) in [6, 6.07) is 3.57. The Morgan fingerprint density at radius 1 is 1.45 bits per heavy atom. The zero-order valence-electron chi connectivity index (χ0n) is 11.5. The highest BCUT2D eigenvalue weighted by atomic mass is 16.5. The van der Waals surface area contributed by atoms with Crippen LogP contribution in [-0.2, 0) is 4.79 Å². The van der Waals surface area contributed by atoms with Crippen LogP contribution in [0.3, 0.4) is 0 Å². The van der Waals surface area contributed by atoms with Crippen LogP contribution in [0.25, 0.3) is 11.3 Å². The topological polar surface area (TPSA) is 77.2 Å². The molecule has 0 spiro atoms. The minimum absolute atomic E-state index is 0.415. The molecular formula is C14H15N3O3. The smallest absolute Gasteiger partial charge is 0.328 e. The number of aryl methyl sites for hydroxylation is 1. The van der Waals surface area contributed by atoms with Crippen molar-refractivity contribution < 1.29 is 14.6 Å². The van der Waals surface area contributed by atoms with Crippen LogP contribution in [0.2, 0.25) is 0 Å². The van der Waals surface area contributed by atoms with Gasteiger partial charge in [0.1, 0.15) is 5.69 Å². The fourth-order valence-electron chi connectivity index (χ4n) is 1.81. The standard InChI is InChI=1S/C14H15N3O3/c1-9(6-13(18)19)11-4-5-12(14(16-11)20-3)17-7-10(2)15-8-17/h4-8H,1-3H3,(H,18,19). The fourth-order valence-corrected chi connectivity index (χ4v) is 1.81. The van der Waals surface area contributed by atoms with Gasteiger partial charge in [-0.1, -0.05) is 0 Å². The van der Waals surface area contributed by atoms with Crippen molar-refractivity contribution >= 4 is 11.5 Å². The number of carboxylic acids is 1. The number of aromatic nitrogens is 3. The van der Waals surface area contributed by atoms with Crippen molar-refractivity contribution in [2.24, 2.45) is 0 Å². The van der Waals surface area contributed by atoms with Gasteiger partial charge in [0, 0.05) is 12.3 Å². The van der Waals surface area contributed by atoms with Crippen molar-refractivity contribution in [3.05, 3.63) is 42.1 Å². The van der Waals surface area contributed by atoms with Gasteiger partial charge in [-0.25, -0.2) is 14.8 Å². The second-order valence-electron chi connectivity index (χ2n) is 4.31.